The van der Waals surface area contributed by atoms with Crippen molar-refractivity contribution in [3.63, 3.8) is 0 Å². The number of carboxylic acids is 1. The van der Waals surface area contributed by atoms with E-state index < -0.39 is 5.97 Å². The van der Waals surface area contributed by atoms with Crippen LogP contribution in [0.5, 0.6) is 0 Å². The molecule has 58 valence electrons. The molecule has 0 rings (SSSR count). The van der Waals surface area contributed by atoms with Crippen LogP contribution in [0.15, 0.2) is 11.3 Å². The number of rotatable bonds is 3. The lowest BCUT2D eigenvalue weighted by atomic mass is 10.2. The van der Waals surface area contributed by atoms with Gasteiger partial charge in [-0.1, -0.05) is 6.92 Å². The number of carbonyl (C=O) groups is 1. The average molecular weight is 143 g/mol. The summed E-state index contributed by atoms with van der Waals surface area (Å²) in [5.41, 5.74) is 1.18. The molecule has 3 heteroatoms. The standard InChI is InChI=1S/C7H13NO2/c1-4-6(8-3)5(2)7(9)10/h8H,4H2,1-3H3,(H,9,10). The first-order valence-electron chi connectivity index (χ1n) is 3.24. The third-order valence-electron chi connectivity index (χ3n) is 1.43. The van der Waals surface area contributed by atoms with Crippen molar-refractivity contribution in [2.24, 2.45) is 0 Å². The van der Waals surface area contributed by atoms with Crippen molar-refractivity contribution in [2.75, 3.05) is 7.05 Å². The van der Waals surface area contributed by atoms with Gasteiger partial charge in [-0.25, -0.2) is 4.79 Å². The number of allylic oxidation sites excluding steroid dienone is 1. The number of hydrogen-bond acceptors (Lipinski definition) is 2. The van der Waals surface area contributed by atoms with E-state index in [0.717, 1.165) is 12.1 Å². The van der Waals surface area contributed by atoms with Gasteiger partial charge in [0.15, 0.2) is 0 Å². The summed E-state index contributed by atoms with van der Waals surface area (Å²) in [5, 5.41) is 11.3. The van der Waals surface area contributed by atoms with Crippen molar-refractivity contribution in [2.45, 2.75) is 20.3 Å². The number of hydrogen-bond donors (Lipinski definition) is 2. The second kappa shape index (κ2) is 3.93. The summed E-state index contributed by atoms with van der Waals surface area (Å²) in [7, 11) is 1.73. The first-order valence-corrected chi connectivity index (χ1v) is 3.24. The summed E-state index contributed by atoms with van der Waals surface area (Å²) < 4.78 is 0. The molecular weight excluding hydrogens is 130 g/mol. The molecule has 0 aliphatic heterocycles. The fraction of sp³-hybridized carbons (Fsp3) is 0.571. The summed E-state index contributed by atoms with van der Waals surface area (Å²) in [4.78, 5) is 10.4. The molecule has 10 heavy (non-hydrogen) atoms. The Bertz CT molecular complexity index is 155. The zero-order valence-corrected chi connectivity index (χ0v) is 6.56. The van der Waals surface area contributed by atoms with E-state index in [1.807, 2.05) is 6.92 Å². The van der Waals surface area contributed by atoms with E-state index in [-0.39, 0.29) is 0 Å². The highest BCUT2D eigenvalue weighted by atomic mass is 16.4. The van der Waals surface area contributed by atoms with Gasteiger partial charge in [-0.05, 0) is 13.3 Å². The van der Waals surface area contributed by atoms with Gasteiger partial charge in [0, 0.05) is 12.7 Å². The molecule has 0 spiro atoms. The molecule has 0 saturated heterocycles. The third kappa shape index (κ3) is 2.09. The minimum absolute atomic E-state index is 0.394. The molecule has 0 amide bonds. The van der Waals surface area contributed by atoms with Gasteiger partial charge in [-0.3, -0.25) is 0 Å². The van der Waals surface area contributed by atoms with Gasteiger partial charge in [-0.15, -0.1) is 0 Å². The lowest BCUT2D eigenvalue weighted by Gasteiger charge is -2.04. The Labute approximate surface area is 60.7 Å². The molecule has 0 aromatic rings. The summed E-state index contributed by atoms with van der Waals surface area (Å²) in [6.45, 7) is 3.51. The summed E-state index contributed by atoms with van der Waals surface area (Å²) in [6.07, 6.45) is 0.731. The lowest BCUT2D eigenvalue weighted by molar-refractivity contribution is -0.132. The van der Waals surface area contributed by atoms with Crippen molar-refractivity contribution in [1.82, 2.24) is 5.32 Å². The fourth-order valence-corrected chi connectivity index (χ4v) is 0.759. The Hall–Kier alpha value is -0.990. The fourth-order valence-electron chi connectivity index (χ4n) is 0.759. The molecule has 0 aromatic heterocycles. The molecule has 0 radical (unpaired) electrons. The van der Waals surface area contributed by atoms with E-state index in [1.54, 1.807) is 14.0 Å². The SMILES string of the molecule is CCC(NC)=C(C)C(=O)O. The second-order valence-corrected chi connectivity index (χ2v) is 2.01. The second-order valence-electron chi connectivity index (χ2n) is 2.01. The summed E-state index contributed by atoms with van der Waals surface area (Å²) in [6, 6.07) is 0. The van der Waals surface area contributed by atoms with Crippen molar-refractivity contribution in [3.05, 3.63) is 11.3 Å². The van der Waals surface area contributed by atoms with Crippen LogP contribution in [0.1, 0.15) is 20.3 Å². The zero-order valence-electron chi connectivity index (χ0n) is 6.56. The Morgan fingerprint density at radius 1 is 1.60 bits per heavy atom. The molecule has 0 heterocycles. The van der Waals surface area contributed by atoms with Crippen molar-refractivity contribution >= 4 is 5.97 Å². The van der Waals surface area contributed by atoms with E-state index in [4.69, 9.17) is 5.11 Å². The van der Waals surface area contributed by atoms with Crippen LogP contribution in [0.4, 0.5) is 0 Å². The lowest BCUT2D eigenvalue weighted by Crippen LogP contribution is -2.11. The highest BCUT2D eigenvalue weighted by Gasteiger charge is 2.04. The van der Waals surface area contributed by atoms with Crippen LogP contribution in [0.2, 0.25) is 0 Å². The third-order valence-corrected chi connectivity index (χ3v) is 1.43. The highest BCUT2D eigenvalue weighted by Crippen LogP contribution is 2.03. The molecule has 0 unspecified atom stereocenters. The van der Waals surface area contributed by atoms with Crippen molar-refractivity contribution in [3.8, 4) is 0 Å². The molecular formula is C7H13NO2. The van der Waals surface area contributed by atoms with Crippen LogP contribution in [0.25, 0.3) is 0 Å². The largest absolute Gasteiger partial charge is 0.478 e. The number of aliphatic carboxylic acids is 1. The van der Waals surface area contributed by atoms with E-state index >= 15 is 0 Å². The Morgan fingerprint density at radius 2 is 2.10 bits per heavy atom. The average Bonchev–Trinajstić information content (AvgIpc) is 1.90. The molecule has 0 atom stereocenters. The van der Waals surface area contributed by atoms with E-state index in [1.165, 1.54) is 0 Å². The van der Waals surface area contributed by atoms with Crippen molar-refractivity contribution in [1.29, 1.82) is 0 Å². The van der Waals surface area contributed by atoms with Crippen molar-refractivity contribution < 1.29 is 9.90 Å². The van der Waals surface area contributed by atoms with Crippen LogP contribution in [0, 0.1) is 0 Å². The van der Waals surface area contributed by atoms with Gasteiger partial charge in [0.2, 0.25) is 0 Å². The van der Waals surface area contributed by atoms with Gasteiger partial charge < -0.3 is 10.4 Å². The Morgan fingerprint density at radius 3 is 2.20 bits per heavy atom. The van der Waals surface area contributed by atoms with Gasteiger partial charge in [0.1, 0.15) is 0 Å². The van der Waals surface area contributed by atoms with Gasteiger partial charge in [-0.2, -0.15) is 0 Å². The van der Waals surface area contributed by atoms with Gasteiger partial charge in [0.05, 0.1) is 5.57 Å². The van der Waals surface area contributed by atoms with Gasteiger partial charge >= 0.3 is 5.97 Å². The summed E-state index contributed by atoms with van der Waals surface area (Å²) >= 11 is 0. The number of carboxylic acid groups (broad SMARTS) is 1. The quantitative estimate of drug-likeness (QED) is 0.579. The molecule has 0 aliphatic rings. The smallest absolute Gasteiger partial charge is 0.333 e. The molecule has 0 aliphatic carbocycles. The minimum Gasteiger partial charge on any atom is -0.478 e. The molecule has 0 saturated carbocycles. The van der Waals surface area contributed by atoms with E-state index in [9.17, 15) is 4.79 Å². The highest BCUT2D eigenvalue weighted by molar-refractivity contribution is 5.86. The molecule has 0 bridgehead atoms. The van der Waals surface area contributed by atoms with Gasteiger partial charge in [0.25, 0.3) is 0 Å². The maximum Gasteiger partial charge on any atom is 0.333 e. The molecule has 0 fully saturated rings. The first-order chi connectivity index (χ1) is 4.63. The van der Waals surface area contributed by atoms with Crippen LogP contribution < -0.4 is 5.32 Å². The molecule has 3 nitrogen and oxygen atoms in total. The number of nitrogens with one attached hydrogen (secondary N) is 1. The molecule has 0 aromatic carbocycles. The normalized spacial score (nSPS) is 12.3. The van der Waals surface area contributed by atoms with Crippen LogP contribution >= 0.6 is 0 Å². The maximum absolute atomic E-state index is 10.4. The van der Waals surface area contributed by atoms with E-state index in [0.29, 0.717) is 5.57 Å². The van der Waals surface area contributed by atoms with Crippen LogP contribution in [-0.2, 0) is 4.79 Å². The topological polar surface area (TPSA) is 49.3 Å². The first kappa shape index (κ1) is 9.01. The minimum atomic E-state index is -0.855. The van der Waals surface area contributed by atoms with E-state index in [2.05, 4.69) is 5.32 Å². The van der Waals surface area contributed by atoms with Crippen LogP contribution in [-0.4, -0.2) is 18.1 Å². The van der Waals surface area contributed by atoms with Crippen LogP contribution in [0.3, 0.4) is 0 Å². The Balaban J connectivity index is 4.43. The predicted octanol–water partition coefficient (Wildman–Crippen LogP) is 0.974. The maximum atomic E-state index is 10.4. The monoisotopic (exact) mass is 143 g/mol. The summed E-state index contributed by atoms with van der Waals surface area (Å²) in [5.74, 6) is -0.855. The zero-order chi connectivity index (χ0) is 8.15. The Kier molecular flexibility index (Phi) is 3.54. The predicted molar refractivity (Wildman–Crippen MR) is 39.7 cm³/mol. The molecule has 2 N–H and O–H groups in total.